The predicted octanol–water partition coefficient (Wildman–Crippen LogP) is 2.91. The molecule has 1 spiro atoms. The lowest BCUT2D eigenvalue weighted by molar-refractivity contribution is -0.135. The van der Waals surface area contributed by atoms with Gasteiger partial charge in [0.2, 0.25) is 5.91 Å². The number of hydrogen-bond donors (Lipinski definition) is 2. The minimum atomic E-state index is -1.04. The summed E-state index contributed by atoms with van der Waals surface area (Å²) >= 11 is 0. The Morgan fingerprint density at radius 1 is 1.13 bits per heavy atom. The Morgan fingerprint density at radius 3 is 2.67 bits per heavy atom. The molecule has 1 heterocycles. The fourth-order valence-electron chi connectivity index (χ4n) is 4.52. The number of nitrogens with one attached hydrogen (secondary N) is 2. The molecule has 1 fully saturated rings. The third-order valence-corrected chi connectivity index (χ3v) is 6.07. The van der Waals surface area contributed by atoms with Gasteiger partial charge in [0, 0.05) is 6.04 Å². The molecule has 2 aromatic rings. The number of urea groups is 1. The van der Waals surface area contributed by atoms with Gasteiger partial charge in [-0.2, -0.15) is 0 Å². The Hall–Kier alpha value is -3.15. The van der Waals surface area contributed by atoms with E-state index in [2.05, 4.69) is 22.8 Å². The molecule has 0 radical (unpaired) electrons. The van der Waals surface area contributed by atoms with E-state index in [9.17, 15) is 14.4 Å². The van der Waals surface area contributed by atoms with Gasteiger partial charge in [-0.05, 0) is 55.7 Å². The van der Waals surface area contributed by atoms with Crippen LogP contribution in [-0.2, 0) is 28.0 Å². The average molecular weight is 405 g/mol. The minimum absolute atomic E-state index is 0.0529. The second-order valence-electron chi connectivity index (χ2n) is 8.23. The zero-order chi connectivity index (χ0) is 21.1. The highest BCUT2D eigenvalue weighted by molar-refractivity contribution is 6.09. The van der Waals surface area contributed by atoms with Crippen molar-refractivity contribution in [3.63, 3.8) is 0 Å². The van der Waals surface area contributed by atoms with Crippen LogP contribution >= 0.6 is 0 Å². The quantitative estimate of drug-likeness (QED) is 0.726. The first-order valence-electron chi connectivity index (χ1n) is 10.6. The van der Waals surface area contributed by atoms with Crippen molar-refractivity contribution in [1.82, 2.24) is 15.5 Å². The fraction of sp³-hybridized carbons (Fsp3) is 0.375. The first-order valence-corrected chi connectivity index (χ1v) is 10.6. The molecular weight excluding hydrogens is 378 g/mol. The zero-order valence-electron chi connectivity index (χ0n) is 17.2. The van der Waals surface area contributed by atoms with Crippen LogP contribution < -0.4 is 10.6 Å². The summed E-state index contributed by atoms with van der Waals surface area (Å²) in [4.78, 5) is 39.5. The molecule has 1 saturated heterocycles. The lowest BCUT2D eigenvalue weighted by Crippen LogP contribution is -2.47. The highest BCUT2D eigenvalue weighted by Crippen LogP contribution is 2.39. The number of imide groups is 1. The summed E-state index contributed by atoms with van der Waals surface area (Å²) in [6, 6.07) is 17.3. The lowest BCUT2D eigenvalue weighted by Gasteiger charge is -2.33. The van der Waals surface area contributed by atoms with E-state index in [1.807, 2.05) is 49.4 Å². The van der Waals surface area contributed by atoms with E-state index in [1.165, 1.54) is 5.56 Å². The summed E-state index contributed by atoms with van der Waals surface area (Å²) in [5.41, 5.74) is 2.11. The SMILES string of the molecule is C[C@@H](CCc1ccccc1)NC(=O)CN1C(=O)N[C@]2(CCCc3ccccc32)C1=O. The second-order valence-corrected chi connectivity index (χ2v) is 8.23. The van der Waals surface area contributed by atoms with Crippen molar-refractivity contribution in [2.45, 2.75) is 50.6 Å². The van der Waals surface area contributed by atoms with Crippen molar-refractivity contribution in [1.29, 1.82) is 0 Å². The van der Waals surface area contributed by atoms with Crippen LogP contribution in [0.2, 0.25) is 0 Å². The third-order valence-electron chi connectivity index (χ3n) is 6.07. The molecule has 2 aliphatic rings. The smallest absolute Gasteiger partial charge is 0.325 e. The van der Waals surface area contributed by atoms with Crippen LogP contribution in [0.15, 0.2) is 54.6 Å². The van der Waals surface area contributed by atoms with Crippen molar-refractivity contribution >= 4 is 17.8 Å². The summed E-state index contributed by atoms with van der Waals surface area (Å²) in [7, 11) is 0. The lowest BCUT2D eigenvalue weighted by atomic mass is 9.76. The van der Waals surface area contributed by atoms with Gasteiger partial charge in [-0.25, -0.2) is 4.79 Å². The first-order chi connectivity index (χ1) is 14.5. The number of fused-ring (bicyclic) bond motifs is 2. The Morgan fingerprint density at radius 2 is 1.87 bits per heavy atom. The summed E-state index contributed by atoms with van der Waals surface area (Å²) in [6.45, 7) is 1.68. The van der Waals surface area contributed by atoms with E-state index in [-0.39, 0.29) is 24.4 Å². The van der Waals surface area contributed by atoms with E-state index in [1.54, 1.807) is 0 Å². The molecule has 0 unspecified atom stereocenters. The Balaban J connectivity index is 1.39. The van der Waals surface area contributed by atoms with Crippen LogP contribution in [0.1, 0.15) is 42.9 Å². The summed E-state index contributed by atoms with van der Waals surface area (Å²) < 4.78 is 0. The fourth-order valence-corrected chi connectivity index (χ4v) is 4.52. The van der Waals surface area contributed by atoms with Gasteiger partial charge in [0.15, 0.2) is 0 Å². The molecule has 0 saturated carbocycles. The van der Waals surface area contributed by atoms with Crippen molar-refractivity contribution in [2.75, 3.05) is 6.54 Å². The van der Waals surface area contributed by atoms with E-state index in [0.717, 1.165) is 41.7 Å². The Labute approximate surface area is 176 Å². The second kappa shape index (κ2) is 8.30. The first kappa shape index (κ1) is 20.1. The highest BCUT2D eigenvalue weighted by Gasteiger charge is 2.54. The number of aryl methyl sites for hydroxylation is 2. The van der Waals surface area contributed by atoms with E-state index >= 15 is 0 Å². The molecule has 0 aromatic heterocycles. The summed E-state index contributed by atoms with van der Waals surface area (Å²) in [5, 5.41) is 5.80. The summed E-state index contributed by atoms with van der Waals surface area (Å²) in [6.07, 6.45) is 3.90. The zero-order valence-corrected chi connectivity index (χ0v) is 17.2. The van der Waals surface area contributed by atoms with Gasteiger partial charge in [-0.3, -0.25) is 14.5 Å². The molecule has 6 nitrogen and oxygen atoms in total. The maximum Gasteiger partial charge on any atom is 0.325 e. The van der Waals surface area contributed by atoms with Crippen LogP contribution in [0.25, 0.3) is 0 Å². The molecule has 4 rings (SSSR count). The number of hydrogen-bond acceptors (Lipinski definition) is 3. The van der Waals surface area contributed by atoms with Gasteiger partial charge in [0.05, 0.1) is 0 Å². The monoisotopic (exact) mass is 405 g/mol. The molecule has 2 N–H and O–H groups in total. The van der Waals surface area contributed by atoms with Gasteiger partial charge in [-0.15, -0.1) is 0 Å². The Kier molecular flexibility index (Phi) is 5.57. The van der Waals surface area contributed by atoms with Crippen LogP contribution in [0, 0.1) is 0 Å². The van der Waals surface area contributed by atoms with Crippen molar-refractivity contribution in [3.8, 4) is 0 Å². The molecule has 30 heavy (non-hydrogen) atoms. The number of carbonyl (C=O) groups is 3. The van der Waals surface area contributed by atoms with E-state index in [0.29, 0.717) is 6.42 Å². The number of nitrogens with zero attached hydrogens (tertiary/aromatic N) is 1. The molecule has 2 atom stereocenters. The van der Waals surface area contributed by atoms with Gasteiger partial charge in [-0.1, -0.05) is 54.6 Å². The van der Waals surface area contributed by atoms with Crippen molar-refractivity contribution < 1.29 is 14.4 Å². The van der Waals surface area contributed by atoms with Crippen LogP contribution in [0.5, 0.6) is 0 Å². The van der Waals surface area contributed by atoms with Crippen LogP contribution in [0.4, 0.5) is 4.79 Å². The average Bonchev–Trinajstić information content (AvgIpc) is 2.98. The number of carbonyl (C=O) groups excluding carboxylic acids is 3. The predicted molar refractivity (Wildman–Crippen MR) is 114 cm³/mol. The summed E-state index contributed by atoms with van der Waals surface area (Å²) in [5.74, 6) is -0.646. The maximum absolute atomic E-state index is 13.3. The highest BCUT2D eigenvalue weighted by atomic mass is 16.2. The standard InChI is InChI=1S/C24H27N3O3/c1-17(13-14-18-8-3-2-4-9-18)25-21(28)16-27-22(29)24(26-23(27)30)15-7-11-19-10-5-6-12-20(19)24/h2-6,8-10,12,17H,7,11,13-16H2,1H3,(H,25,28)(H,26,30)/t17-,24-/m0/s1. The molecular formula is C24H27N3O3. The molecule has 1 aliphatic carbocycles. The van der Waals surface area contributed by atoms with Crippen LogP contribution in [0.3, 0.4) is 0 Å². The van der Waals surface area contributed by atoms with Gasteiger partial charge < -0.3 is 10.6 Å². The van der Waals surface area contributed by atoms with Crippen molar-refractivity contribution in [2.24, 2.45) is 0 Å². The minimum Gasteiger partial charge on any atom is -0.352 e. The van der Waals surface area contributed by atoms with Crippen LogP contribution in [-0.4, -0.2) is 35.3 Å². The molecule has 6 heteroatoms. The number of rotatable bonds is 6. The number of amides is 4. The van der Waals surface area contributed by atoms with Gasteiger partial charge >= 0.3 is 6.03 Å². The van der Waals surface area contributed by atoms with Gasteiger partial charge in [0.1, 0.15) is 12.1 Å². The molecule has 4 amide bonds. The largest absolute Gasteiger partial charge is 0.352 e. The van der Waals surface area contributed by atoms with E-state index < -0.39 is 11.6 Å². The normalized spacial score (nSPS) is 21.3. The topological polar surface area (TPSA) is 78.5 Å². The molecule has 1 aliphatic heterocycles. The van der Waals surface area contributed by atoms with Crippen molar-refractivity contribution in [3.05, 3.63) is 71.3 Å². The molecule has 156 valence electrons. The van der Waals surface area contributed by atoms with Gasteiger partial charge in [0.25, 0.3) is 5.91 Å². The number of benzene rings is 2. The van der Waals surface area contributed by atoms with E-state index in [4.69, 9.17) is 0 Å². The molecule has 0 bridgehead atoms. The molecule has 2 aromatic carbocycles. The third kappa shape index (κ3) is 3.82. The maximum atomic E-state index is 13.3. The Bertz CT molecular complexity index is 959.